The predicted octanol–water partition coefficient (Wildman–Crippen LogP) is 2.03. The van der Waals surface area contributed by atoms with Crippen molar-refractivity contribution in [2.75, 3.05) is 17.8 Å². The molecule has 0 saturated carbocycles. The average molecular weight is 202 g/mol. The molecular weight excluding hydrogens is 193 g/mol. The molecule has 0 unspecified atom stereocenters. The lowest BCUT2D eigenvalue weighted by molar-refractivity contribution is -0.116. The number of amides is 1. The first-order valence-electron chi connectivity index (χ1n) is 3.74. The lowest BCUT2D eigenvalue weighted by atomic mass is 10.3. The summed E-state index contributed by atoms with van der Waals surface area (Å²) in [7, 11) is 1.49. The largest absolute Gasteiger partial charge is 0.312 e. The maximum atomic E-state index is 13.1. The summed E-state index contributed by atoms with van der Waals surface area (Å²) in [4.78, 5) is 12.3. The average Bonchev–Trinajstić information content (AvgIpc) is 2.16. The van der Waals surface area contributed by atoms with E-state index in [9.17, 15) is 9.18 Å². The van der Waals surface area contributed by atoms with Gasteiger partial charge in [0, 0.05) is 7.05 Å². The van der Waals surface area contributed by atoms with E-state index in [2.05, 4.69) is 0 Å². The minimum absolute atomic E-state index is 0.148. The summed E-state index contributed by atoms with van der Waals surface area (Å²) in [5.41, 5.74) is 0.244. The number of nitrogens with zero attached hydrogens (tertiary/aromatic N) is 1. The zero-order valence-corrected chi connectivity index (χ0v) is 7.88. The topological polar surface area (TPSA) is 20.3 Å². The summed E-state index contributed by atoms with van der Waals surface area (Å²) in [5.74, 6) is -0.902. The highest BCUT2D eigenvalue weighted by Gasteiger charge is 2.12. The zero-order valence-electron chi connectivity index (χ0n) is 7.13. The van der Waals surface area contributed by atoms with Gasteiger partial charge in [-0.2, -0.15) is 0 Å². The Kier molecular flexibility index (Phi) is 3.25. The fourth-order valence-corrected chi connectivity index (χ4v) is 1.13. The number of halogens is 2. The quantitative estimate of drug-likeness (QED) is 0.671. The summed E-state index contributed by atoms with van der Waals surface area (Å²) in [6, 6.07) is 6.06. The van der Waals surface area contributed by atoms with E-state index < -0.39 is 5.82 Å². The van der Waals surface area contributed by atoms with Crippen molar-refractivity contribution in [1.29, 1.82) is 0 Å². The van der Waals surface area contributed by atoms with Crippen molar-refractivity contribution < 1.29 is 9.18 Å². The molecule has 4 heteroatoms. The Labute approximate surface area is 80.9 Å². The molecule has 2 nitrogen and oxygen atoms in total. The van der Waals surface area contributed by atoms with Crippen molar-refractivity contribution in [2.45, 2.75) is 0 Å². The Bertz CT molecular complexity index is 316. The van der Waals surface area contributed by atoms with Crippen molar-refractivity contribution in [3.05, 3.63) is 30.1 Å². The van der Waals surface area contributed by atoms with Gasteiger partial charge in [-0.1, -0.05) is 12.1 Å². The fourth-order valence-electron chi connectivity index (χ4n) is 0.948. The molecule has 0 radical (unpaired) electrons. The minimum atomic E-state index is -0.427. The molecule has 0 aromatic heterocycles. The second-order valence-corrected chi connectivity index (χ2v) is 2.81. The third-order valence-corrected chi connectivity index (χ3v) is 1.93. The number of hydrogen-bond acceptors (Lipinski definition) is 1. The highest BCUT2D eigenvalue weighted by Crippen LogP contribution is 2.16. The van der Waals surface area contributed by atoms with Crippen LogP contribution in [0.1, 0.15) is 0 Å². The van der Waals surface area contributed by atoms with Crippen LogP contribution < -0.4 is 4.90 Å². The van der Waals surface area contributed by atoms with Gasteiger partial charge < -0.3 is 4.90 Å². The van der Waals surface area contributed by atoms with Gasteiger partial charge in [-0.25, -0.2) is 4.39 Å². The second-order valence-electron chi connectivity index (χ2n) is 2.54. The Hall–Kier alpha value is -1.09. The number of hydrogen-bond donors (Lipinski definition) is 0. The van der Waals surface area contributed by atoms with Crippen LogP contribution in [-0.2, 0) is 4.79 Å². The van der Waals surface area contributed by atoms with E-state index >= 15 is 0 Å². The summed E-state index contributed by atoms with van der Waals surface area (Å²) in [6.07, 6.45) is 0. The van der Waals surface area contributed by atoms with Gasteiger partial charge in [-0.15, -0.1) is 11.6 Å². The Morgan fingerprint density at radius 1 is 1.54 bits per heavy atom. The molecule has 1 rings (SSSR count). The third-order valence-electron chi connectivity index (χ3n) is 1.70. The van der Waals surface area contributed by atoms with Gasteiger partial charge in [0.15, 0.2) is 0 Å². The van der Waals surface area contributed by atoms with E-state index in [1.807, 2.05) is 0 Å². The molecule has 0 bridgehead atoms. The van der Waals surface area contributed by atoms with Crippen LogP contribution in [0.3, 0.4) is 0 Å². The number of anilines is 1. The smallest absolute Gasteiger partial charge is 0.241 e. The summed E-state index contributed by atoms with van der Waals surface area (Å²) < 4.78 is 13.1. The molecule has 0 fully saturated rings. The first-order chi connectivity index (χ1) is 6.16. The SMILES string of the molecule is CN(C(=O)CCl)c1ccccc1F. The maximum Gasteiger partial charge on any atom is 0.241 e. The fraction of sp³-hybridized carbons (Fsp3) is 0.222. The van der Waals surface area contributed by atoms with E-state index in [1.54, 1.807) is 12.1 Å². The van der Waals surface area contributed by atoms with E-state index in [4.69, 9.17) is 11.6 Å². The van der Waals surface area contributed by atoms with Crippen molar-refractivity contribution >= 4 is 23.2 Å². The molecule has 0 aliphatic carbocycles. The second kappa shape index (κ2) is 4.23. The molecule has 0 aliphatic heterocycles. The Morgan fingerprint density at radius 3 is 2.69 bits per heavy atom. The van der Waals surface area contributed by atoms with Gasteiger partial charge in [0.1, 0.15) is 11.7 Å². The van der Waals surface area contributed by atoms with Crippen LogP contribution in [0, 0.1) is 5.82 Å². The highest BCUT2D eigenvalue weighted by molar-refractivity contribution is 6.29. The third kappa shape index (κ3) is 2.18. The number of carbonyl (C=O) groups excluding carboxylic acids is 1. The Balaban J connectivity index is 2.95. The van der Waals surface area contributed by atoms with Crippen LogP contribution in [0.15, 0.2) is 24.3 Å². The molecule has 0 saturated heterocycles. The minimum Gasteiger partial charge on any atom is -0.312 e. The molecule has 0 heterocycles. The number of rotatable bonds is 2. The molecule has 70 valence electrons. The van der Waals surface area contributed by atoms with E-state index in [0.717, 1.165) is 0 Å². The van der Waals surface area contributed by atoms with Gasteiger partial charge in [-0.05, 0) is 12.1 Å². The van der Waals surface area contributed by atoms with Crippen LogP contribution >= 0.6 is 11.6 Å². The van der Waals surface area contributed by atoms with Crippen molar-refractivity contribution in [3.8, 4) is 0 Å². The normalized spacial score (nSPS) is 9.77. The molecule has 0 N–H and O–H groups in total. The van der Waals surface area contributed by atoms with E-state index in [1.165, 1.54) is 24.1 Å². The molecule has 0 atom stereocenters. The van der Waals surface area contributed by atoms with Crippen LogP contribution in [0.25, 0.3) is 0 Å². The van der Waals surface area contributed by atoms with Gasteiger partial charge in [0.2, 0.25) is 5.91 Å². The maximum absolute atomic E-state index is 13.1. The van der Waals surface area contributed by atoms with Crippen LogP contribution in [-0.4, -0.2) is 18.8 Å². The standard InChI is InChI=1S/C9H9ClFNO/c1-12(9(13)6-10)8-5-3-2-4-7(8)11/h2-5H,6H2,1H3. The summed E-state index contributed by atoms with van der Waals surface area (Å²) >= 11 is 5.34. The van der Waals surface area contributed by atoms with Crippen molar-refractivity contribution in [3.63, 3.8) is 0 Å². The van der Waals surface area contributed by atoms with E-state index in [-0.39, 0.29) is 17.5 Å². The zero-order chi connectivity index (χ0) is 9.84. The van der Waals surface area contributed by atoms with Crippen LogP contribution in [0.4, 0.5) is 10.1 Å². The van der Waals surface area contributed by atoms with Crippen molar-refractivity contribution in [2.24, 2.45) is 0 Å². The lowest BCUT2D eigenvalue weighted by Crippen LogP contribution is -2.27. The molecule has 1 aromatic carbocycles. The summed E-state index contributed by atoms with van der Waals surface area (Å²) in [5, 5.41) is 0. The van der Waals surface area contributed by atoms with E-state index in [0.29, 0.717) is 0 Å². The number of carbonyl (C=O) groups is 1. The van der Waals surface area contributed by atoms with Gasteiger partial charge in [-0.3, -0.25) is 4.79 Å². The summed E-state index contributed by atoms with van der Waals surface area (Å²) in [6.45, 7) is 0. The van der Waals surface area contributed by atoms with Crippen molar-refractivity contribution in [1.82, 2.24) is 0 Å². The highest BCUT2D eigenvalue weighted by atomic mass is 35.5. The monoisotopic (exact) mass is 201 g/mol. The van der Waals surface area contributed by atoms with Crippen LogP contribution in [0.5, 0.6) is 0 Å². The Morgan fingerprint density at radius 2 is 2.15 bits per heavy atom. The molecule has 1 amide bonds. The first-order valence-corrected chi connectivity index (χ1v) is 4.27. The molecule has 0 aliphatic rings. The molecule has 0 spiro atoms. The molecule has 13 heavy (non-hydrogen) atoms. The number of alkyl halides is 1. The molecular formula is C9H9ClFNO. The first kappa shape index (κ1) is 9.99. The predicted molar refractivity (Wildman–Crippen MR) is 50.5 cm³/mol. The molecule has 1 aromatic rings. The lowest BCUT2D eigenvalue weighted by Gasteiger charge is -2.16. The van der Waals surface area contributed by atoms with Gasteiger partial charge in [0.25, 0.3) is 0 Å². The van der Waals surface area contributed by atoms with Crippen LogP contribution in [0.2, 0.25) is 0 Å². The number of benzene rings is 1. The number of para-hydroxylation sites is 1. The van der Waals surface area contributed by atoms with Gasteiger partial charge in [0.05, 0.1) is 5.69 Å². The van der Waals surface area contributed by atoms with Gasteiger partial charge >= 0.3 is 0 Å².